The maximum atomic E-state index is 13.5. The third-order valence-corrected chi connectivity index (χ3v) is 13.1. The highest BCUT2D eigenvalue weighted by atomic mass is 16.7. The average molecular weight is 880 g/mol. The molecule has 0 aliphatic carbocycles. The number of cyclic esters (lactones) is 1. The summed E-state index contributed by atoms with van der Waals surface area (Å²) in [6.45, 7) is 16.8. The first-order chi connectivity index (χ1) is 29.7. The molecule has 63 heavy (non-hydrogen) atoms. The maximum Gasteiger partial charge on any atom is 0.309 e. The standard InChI is InChI=1S/C49H77N5O9/c1-11-42-49(8,59)44(56)35(6)54(10)30-31(2)27-48(7,58)45(32(3)25-33(4)46(57)62-42)63-47-43(55)41(26-34(5)61-47)53(9)23-21-39(51)29-52-22-12-24-60-40-19-17-38(18-20-40)37-15-13-36(28-50)14-16-37/h13-20,29,31-35,41-45,47,52,55-56,58-59H,11-12,21-27,30,51H2,1-10H3/b39-29-/t31-,32+,33-,34-,35-,41+,42-,43-,44-,45-,47+,48-,49-/m1/s1. The number of aliphatic hydroxyl groups is 4. The number of esters is 1. The topological polar surface area (TPSA) is 203 Å². The monoisotopic (exact) mass is 880 g/mol. The summed E-state index contributed by atoms with van der Waals surface area (Å²) in [5.41, 5.74) is 6.71. The van der Waals surface area contributed by atoms with E-state index >= 15 is 0 Å². The quantitative estimate of drug-likeness (QED) is 0.107. The largest absolute Gasteiger partial charge is 0.494 e. The molecule has 14 nitrogen and oxygen atoms in total. The lowest BCUT2D eigenvalue weighted by atomic mass is 9.79. The lowest BCUT2D eigenvalue weighted by molar-refractivity contribution is -0.296. The molecular weight excluding hydrogens is 803 g/mol. The van der Waals surface area contributed by atoms with Gasteiger partial charge in [0.15, 0.2) is 6.29 Å². The van der Waals surface area contributed by atoms with Crippen molar-refractivity contribution in [1.29, 1.82) is 5.26 Å². The van der Waals surface area contributed by atoms with Gasteiger partial charge in [-0.25, -0.2) is 0 Å². The summed E-state index contributed by atoms with van der Waals surface area (Å²) in [5, 5.41) is 59.2. The summed E-state index contributed by atoms with van der Waals surface area (Å²) in [6, 6.07) is 16.7. The van der Waals surface area contributed by atoms with Gasteiger partial charge in [-0.05, 0) is 121 Å². The Morgan fingerprint density at radius 3 is 2.30 bits per heavy atom. The van der Waals surface area contributed by atoms with E-state index in [0.717, 1.165) is 23.3 Å². The van der Waals surface area contributed by atoms with Gasteiger partial charge in [0.1, 0.15) is 29.7 Å². The van der Waals surface area contributed by atoms with Crippen molar-refractivity contribution in [1.82, 2.24) is 15.1 Å². The zero-order valence-corrected chi connectivity index (χ0v) is 39.4. The molecule has 13 atom stereocenters. The summed E-state index contributed by atoms with van der Waals surface area (Å²) >= 11 is 0. The van der Waals surface area contributed by atoms with Crippen molar-refractivity contribution in [2.24, 2.45) is 23.5 Å². The van der Waals surface area contributed by atoms with Gasteiger partial charge in [-0.2, -0.15) is 5.26 Å². The number of carbonyl (C=O) groups is 1. The Morgan fingerprint density at radius 2 is 1.68 bits per heavy atom. The number of carbonyl (C=O) groups excluding carboxylic acids is 1. The number of hydrogen-bond donors (Lipinski definition) is 6. The van der Waals surface area contributed by atoms with Crippen LogP contribution in [0.5, 0.6) is 5.75 Å². The third-order valence-electron chi connectivity index (χ3n) is 13.1. The molecular formula is C49H77N5O9. The first-order valence-electron chi connectivity index (χ1n) is 22.8. The highest BCUT2D eigenvalue weighted by molar-refractivity contribution is 5.72. The van der Waals surface area contributed by atoms with Gasteiger partial charge in [-0.3, -0.25) is 4.79 Å². The fourth-order valence-corrected chi connectivity index (χ4v) is 9.32. The van der Waals surface area contributed by atoms with E-state index in [1.54, 1.807) is 13.8 Å². The third kappa shape index (κ3) is 14.4. The van der Waals surface area contributed by atoms with Gasteiger partial charge in [-0.1, -0.05) is 52.0 Å². The molecule has 0 bridgehead atoms. The van der Waals surface area contributed by atoms with E-state index < -0.39 is 59.8 Å². The number of likely N-dealkylation sites (N-methyl/N-ethyl adjacent to an activating group) is 2. The van der Waals surface area contributed by atoms with Gasteiger partial charge in [0.2, 0.25) is 0 Å². The van der Waals surface area contributed by atoms with Crippen molar-refractivity contribution in [3.8, 4) is 22.9 Å². The molecule has 7 N–H and O–H groups in total. The van der Waals surface area contributed by atoms with E-state index in [1.807, 2.05) is 108 Å². The number of rotatable bonds is 14. The zero-order chi connectivity index (χ0) is 46.6. The van der Waals surface area contributed by atoms with E-state index in [9.17, 15) is 25.2 Å². The maximum absolute atomic E-state index is 13.5. The highest BCUT2D eigenvalue weighted by Gasteiger charge is 2.48. The van der Waals surface area contributed by atoms with Crippen LogP contribution in [0.1, 0.15) is 99.5 Å². The van der Waals surface area contributed by atoms with Crippen LogP contribution < -0.4 is 15.8 Å². The Hall–Kier alpha value is -3.78. The molecule has 2 aromatic rings. The molecule has 2 saturated heterocycles. The number of nitrogens with zero attached hydrogens (tertiary/aromatic N) is 3. The number of nitriles is 1. The molecule has 2 fully saturated rings. The Kier molecular flexibility index (Phi) is 19.3. The predicted molar refractivity (Wildman–Crippen MR) is 244 cm³/mol. The molecule has 4 rings (SSSR count). The van der Waals surface area contributed by atoms with E-state index in [2.05, 4.69) is 16.3 Å². The van der Waals surface area contributed by atoms with Crippen molar-refractivity contribution < 1.29 is 44.2 Å². The van der Waals surface area contributed by atoms with Crippen molar-refractivity contribution >= 4 is 5.97 Å². The number of nitrogens with one attached hydrogen (secondary N) is 1. The van der Waals surface area contributed by atoms with Gasteiger partial charge in [0, 0.05) is 50.0 Å². The number of aliphatic hydroxyl groups excluding tert-OH is 2. The average Bonchev–Trinajstić information content (AvgIpc) is 3.24. The first kappa shape index (κ1) is 51.9. The van der Waals surface area contributed by atoms with Crippen molar-refractivity contribution in [2.45, 2.75) is 154 Å². The van der Waals surface area contributed by atoms with E-state index in [-0.39, 0.29) is 24.0 Å². The summed E-state index contributed by atoms with van der Waals surface area (Å²) in [6.07, 6.45) is -0.653. The molecule has 2 aliphatic rings. The van der Waals surface area contributed by atoms with Crippen LogP contribution in [-0.4, -0.2) is 137 Å². The van der Waals surface area contributed by atoms with Gasteiger partial charge >= 0.3 is 5.97 Å². The normalized spacial score (nSPS) is 34.3. The lowest BCUT2D eigenvalue weighted by Crippen LogP contribution is -2.59. The van der Waals surface area contributed by atoms with Crippen molar-refractivity contribution in [2.75, 3.05) is 40.3 Å². The Labute approximate surface area is 376 Å². The molecule has 2 aliphatic heterocycles. The fraction of sp³-hybridized carbons (Fsp3) is 0.673. The van der Waals surface area contributed by atoms with Crippen molar-refractivity contribution in [3.63, 3.8) is 0 Å². The lowest BCUT2D eigenvalue weighted by Gasteiger charge is -2.46. The minimum absolute atomic E-state index is 0.0625. The van der Waals surface area contributed by atoms with Crippen LogP contribution in [0.2, 0.25) is 0 Å². The van der Waals surface area contributed by atoms with E-state index in [4.69, 9.17) is 29.9 Å². The van der Waals surface area contributed by atoms with Crippen LogP contribution >= 0.6 is 0 Å². The van der Waals surface area contributed by atoms with E-state index in [1.165, 1.54) is 6.92 Å². The fourth-order valence-electron chi connectivity index (χ4n) is 9.32. The number of ether oxygens (including phenoxy) is 4. The zero-order valence-electron chi connectivity index (χ0n) is 39.4. The molecule has 2 aromatic carbocycles. The first-order valence-corrected chi connectivity index (χ1v) is 22.8. The van der Waals surface area contributed by atoms with Gasteiger partial charge in [0.25, 0.3) is 0 Å². The number of hydrogen-bond acceptors (Lipinski definition) is 14. The Bertz CT molecular complexity index is 1780. The molecule has 14 heteroatoms. The highest BCUT2D eigenvalue weighted by Crippen LogP contribution is 2.36. The molecule has 0 aromatic heterocycles. The SMILES string of the molecule is CC[C@H]1OC(=O)[C@H](C)C[C@H](C)[C@@H](O[C@@H]2O[C@H](C)C[C@H](N(C)CC/C(N)=C/NCCCOc3ccc(-c4ccc(C#N)cc4)cc3)[C@H]2O)[C@](C)(O)C[C@@H](C)CN(C)[C@H](C)[C@@H](O)[C@]1(C)O. The van der Waals surface area contributed by atoms with Crippen LogP contribution in [-0.2, 0) is 19.0 Å². The molecule has 352 valence electrons. The minimum Gasteiger partial charge on any atom is -0.494 e. The number of nitrogens with two attached hydrogens (primary N) is 1. The smallest absolute Gasteiger partial charge is 0.309 e. The molecule has 0 saturated carbocycles. The molecule has 0 radical (unpaired) electrons. The van der Waals surface area contributed by atoms with Crippen LogP contribution in [0.3, 0.4) is 0 Å². The molecule has 0 unspecified atom stereocenters. The molecule has 0 amide bonds. The summed E-state index contributed by atoms with van der Waals surface area (Å²) in [4.78, 5) is 17.5. The van der Waals surface area contributed by atoms with Crippen LogP contribution in [0.4, 0.5) is 0 Å². The predicted octanol–water partition coefficient (Wildman–Crippen LogP) is 5.16. The van der Waals surface area contributed by atoms with Crippen LogP contribution in [0.15, 0.2) is 60.4 Å². The Morgan fingerprint density at radius 1 is 1.05 bits per heavy atom. The van der Waals surface area contributed by atoms with E-state index in [0.29, 0.717) is 69.6 Å². The summed E-state index contributed by atoms with van der Waals surface area (Å²) < 4.78 is 24.8. The van der Waals surface area contributed by atoms with Crippen molar-refractivity contribution in [3.05, 3.63) is 66.0 Å². The second-order valence-corrected chi connectivity index (χ2v) is 19.0. The second-order valence-electron chi connectivity index (χ2n) is 19.0. The second kappa shape index (κ2) is 23.4. The summed E-state index contributed by atoms with van der Waals surface area (Å²) in [7, 11) is 3.81. The number of benzene rings is 2. The summed E-state index contributed by atoms with van der Waals surface area (Å²) in [5.74, 6) is -0.775. The molecule has 0 spiro atoms. The minimum atomic E-state index is -1.69. The van der Waals surface area contributed by atoms with Gasteiger partial charge in [-0.15, -0.1) is 0 Å². The van der Waals surface area contributed by atoms with Crippen LogP contribution in [0, 0.1) is 29.1 Å². The van der Waals surface area contributed by atoms with Crippen LogP contribution in [0.25, 0.3) is 11.1 Å². The van der Waals surface area contributed by atoms with Gasteiger partial charge in [0.05, 0.1) is 42.0 Å². The molecule has 2 heterocycles. The van der Waals surface area contributed by atoms with Gasteiger partial charge < -0.3 is 60.2 Å². The Balaban J connectivity index is 1.33.